The maximum atomic E-state index is 11.2. The first-order chi connectivity index (χ1) is 17.1. The second-order valence-corrected chi connectivity index (χ2v) is 11.5. The van der Waals surface area contributed by atoms with E-state index < -0.39 is 0 Å². The van der Waals surface area contributed by atoms with Crippen molar-refractivity contribution < 1.29 is 9.28 Å². The van der Waals surface area contributed by atoms with Gasteiger partial charge in [0, 0.05) is 13.3 Å². The predicted molar refractivity (Wildman–Crippen MR) is 154 cm³/mol. The number of hydrogen-bond donors (Lipinski definition) is 1. The molecule has 0 aliphatic carbocycles. The van der Waals surface area contributed by atoms with Gasteiger partial charge in [-0.15, -0.1) is 0 Å². The normalized spacial score (nSPS) is 17.6. The van der Waals surface area contributed by atoms with Crippen molar-refractivity contribution in [2.75, 3.05) is 26.8 Å². The zero-order valence-electron chi connectivity index (χ0n) is 24.2. The molecule has 0 aromatic heterocycles. The molecule has 0 bridgehead atoms. The largest absolute Gasteiger partial charge is 0.309 e. The molecule has 35 heavy (non-hydrogen) atoms. The molecule has 0 fully saturated rings. The number of amidine groups is 1. The van der Waals surface area contributed by atoms with Gasteiger partial charge in [-0.05, 0) is 6.42 Å². The molecule has 0 aromatic rings. The Morgan fingerprint density at radius 2 is 1.06 bits per heavy atom. The summed E-state index contributed by atoms with van der Waals surface area (Å²) in [6.07, 6.45) is 32.5. The van der Waals surface area contributed by atoms with E-state index in [2.05, 4.69) is 19.3 Å². The van der Waals surface area contributed by atoms with Crippen molar-refractivity contribution >= 4 is 11.7 Å². The minimum Gasteiger partial charge on any atom is -0.309 e. The summed E-state index contributed by atoms with van der Waals surface area (Å²) in [5.74, 6) is 1.34. The molecule has 1 aliphatic rings. The van der Waals surface area contributed by atoms with Crippen molar-refractivity contribution in [3.63, 3.8) is 0 Å². The Balaban J connectivity index is 1.77. The van der Waals surface area contributed by atoms with Crippen molar-refractivity contribution in [1.82, 2.24) is 5.32 Å². The Kier molecular flexibility index (Phi) is 20.5. The smallest absolute Gasteiger partial charge is 0.221 e. The standard InChI is InChI=1S/C31H61N3O/c1-4-5-6-7-8-9-10-11-12-13-14-15-16-17-18-19-20-21-22-23-24-25-26-31-32-27-28-34(31,3)29-33-30(2)35/h4-29H2,1-3H3/p+1. The third kappa shape index (κ3) is 18.1. The van der Waals surface area contributed by atoms with E-state index in [0.29, 0.717) is 6.67 Å². The Morgan fingerprint density at radius 1 is 0.686 bits per heavy atom. The molecular formula is C31H62N3O+. The topological polar surface area (TPSA) is 41.5 Å². The molecule has 1 unspecified atom stereocenters. The third-order valence-electron chi connectivity index (χ3n) is 7.94. The first-order valence-corrected chi connectivity index (χ1v) is 15.7. The first kappa shape index (κ1) is 32.1. The SMILES string of the molecule is CCCCCCCCCCCCCCCCCCCCCCCCC1=NCC[N+]1(C)CNC(C)=O. The van der Waals surface area contributed by atoms with Gasteiger partial charge in [0.15, 0.2) is 12.5 Å². The van der Waals surface area contributed by atoms with Crippen LogP contribution in [-0.4, -0.2) is 43.0 Å². The van der Waals surface area contributed by atoms with E-state index >= 15 is 0 Å². The molecule has 206 valence electrons. The molecule has 1 N–H and O–H groups in total. The van der Waals surface area contributed by atoms with Gasteiger partial charge in [-0.2, -0.15) is 0 Å². The van der Waals surface area contributed by atoms with Crippen molar-refractivity contribution in [3.8, 4) is 0 Å². The molecule has 1 heterocycles. The first-order valence-electron chi connectivity index (χ1n) is 15.7. The van der Waals surface area contributed by atoms with Crippen LogP contribution >= 0.6 is 0 Å². The molecule has 0 saturated heterocycles. The second-order valence-electron chi connectivity index (χ2n) is 11.5. The van der Waals surface area contributed by atoms with Gasteiger partial charge in [-0.25, -0.2) is 4.99 Å². The van der Waals surface area contributed by atoms with Gasteiger partial charge >= 0.3 is 0 Å². The quantitative estimate of drug-likeness (QED) is 0.100. The molecule has 0 saturated carbocycles. The zero-order chi connectivity index (χ0) is 25.5. The number of carbonyl (C=O) groups excluding carboxylic acids is 1. The lowest BCUT2D eigenvalue weighted by Crippen LogP contribution is -2.53. The van der Waals surface area contributed by atoms with Crippen LogP contribution in [0.4, 0.5) is 0 Å². The lowest BCUT2D eigenvalue weighted by atomic mass is 10.0. The van der Waals surface area contributed by atoms with Crippen LogP contribution in [0, 0.1) is 0 Å². The summed E-state index contributed by atoms with van der Waals surface area (Å²) >= 11 is 0. The molecular weight excluding hydrogens is 430 g/mol. The van der Waals surface area contributed by atoms with Crippen LogP contribution in [0.3, 0.4) is 0 Å². The van der Waals surface area contributed by atoms with Gasteiger partial charge in [0.05, 0.1) is 13.6 Å². The number of quaternary nitrogens is 1. The van der Waals surface area contributed by atoms with Crippen molar-refractivity contribution in [2.45, 2.75) is 162 Å². The Bertz CT molecular complexity index is 533. The van der Waals surface area contributed by atoms with E-state index in [1.165, 1.54) is 147 Å². The van der Waals surface area contributed by atoms with Crippen LogP contribution < -0.4 is 5.32 Å². The zero-order valence-corrected chi connectivity index (χ0v) is 24.2. The van der Waals surface area contributed by atoms with Gasteiger partial charge < -0.3 is 5.32 Å². The highest BCUT2D eigenvalue weighted by Crippen LogP contribution is 2.18. The number of nitrogens with one attached hydrogen (secondary N) is 1. The van der Waals surface area contributed by atoms with Gasteiger partial charge in [0.25, 0.3) is 0 Å². The number of amides is 1. The lowest BCUT2D eigenvalue weighted by Gasteiger charge is -2.30. The van der Waals surface area contributed by atoms with E-state index in [4.69, 9.17) is 4.99 Å². The van der Waals surface area contributed by atoms with Gasteiger partial charge in [0.1, 0.15) is 6.54 Å². The lowest BCUT2D eigenvalue weighted by molar-refractivity contribution is -0.817. The van der Waals surface area contributed by atoms with Crippen LogP contribution in [0.15, 0.2) is 4.99 Å². The summed E-state index contributed by atoms with van der Waals surface area (Å²) in [6.45, 7) is 6.51. The fourth-order valence-corrected chi connectivity index (χ4v) is 5.40. The number of rotatable bonds is 25. The Morgan fingerprint density at radius 3 is 1.43 bits per heavy atom. The van der Waals surface area contributed by atoms with E-state index in [1.807, 2.05) is 0 Å². The average molecular weight is 493 g/mol. The monoisotopic (exact) mass is 492 g/mol. The number of aliphatic imine (C=N–C) groups is 1. The number of unbranched alkanes of at least 4 members (excludes halogenated alkanes) is 21. The fraction of sp³-hybridized carbons (Fsp3) is 0.935. The fourth-order valence-electron chi connectivity index (χ4n) is 5.40. The summed E-state index contributed by atoms with van der Waals surface area (Å²) in [5, 5.41) is 2.98. The highest BCUT2D eigenvalue weighted by atomic mass is 16.1. The van der Waals surface area contributed by atoms with E-state index in [9.17, 15) is 4.79 Å². The molecule has 4 heteroatoms. The molecule has 0 spiro atoms. The van der Waals surface area contributed by atoms with Crippen LogP contribution in [-0.2, 0) is 4.79 Å². The molecule has 1 atom stereocenters. The summed E-state index contributed by atoms with van der Waals surface area (Å²) in [5.41, 5.74) is 0. The highest BCUT2D eigenvalue weighted by Gasteiger charge is 2.33. The van der Waals surface area contributed by atoms with E-state index in [-0.39, 0.29) is 5.91 Å². The van der Waals surface area contributed by atoms with Crippen LogP contribution in [0.25, 0.3) is 0 Å². The number of carbonyl (C=O) groups is 1. The molecule has 1 rings (SSSR count). The van der Waals surface area contributed by atoms with Crippen molar-refractivity contribution in [3.05, 3.63) is 0 Å². The van der Waals surface area contributed by atoms with Gasteiger partial charge in [-0.3, -0.25) is 9.28 Å². The Hall–Kier alpha value is -0.900. The van der Waals surface area contributed by atoms with Gasteiger partial charge in [-0.1, -0.05) is 142 Å². The van der Waals surface area contributed by atoms with Crippen LogP contribution in [0.2, 0.25) is 0 Å². The molecule has 1 amide bonds. The minimum absolute atomic E-state index is 0.0555. The molecule has 1 aliphatic heterocycles. The van der Waals surface area contributed by atoms with Gasteiger partial charge in [0.2, 0.25) is 5.91 Å². The molecule has 4 nitrogen and oxygen atoms in total. The average Bonchev–Trinajstić information content (AvgIpc) is 3.21. The summed E-state index contributed by atoms with van der Waals surface area (Å²) in [6, 6.07) is 0. The maximum absolute atomic E-state index is 11.2. The second kappa shape index (κ2) is 22.3. The summed E-state index contributed by atoms with van der Waals surface area (Å²) < 4.78 is 0.804. The third-order valence-corrected chi connectivity index (χ3v) is 7.94. The van der Waals surface area contributed by atoms with Crippen LogP contribution in [0.5, 0.6) is 0 Å². The maximum Gasteiger partial charge on any atom is 0.221 e. The summed E-state index contributed by atoms with van der Waals surface area (Å²) in [4.78, 5) is 16.0. The predicted octanol–water partition coefficient (Wildman–Crippen LogP) is 8.93. The molecule has 0 aromatic carbocycles. The van der Waals surface area contributed by atoms with Crippen molar-refractivity contribution in [2.24, 2.45) is 4.99 Å². The molecule has 0 radical (unpaired) electrons. The number of nitrogens with zero attached hydrogens (tertiary/aromatic N) is 2. The number of likely N-dealkylation sites (N-methyl/N-ethyl adjacent to an activating group) is 1. The van der Waals surface area contributed by atoms with E-state index in [1.54, 1.807) is 6.92 Å². The summed E-state index contributed by atoms with van der Waals surface area (Å²) in [7, 11) is 2.21. The van der Waals surface area contributed by atoms with Crippen molar-refractivity contribution in [1.29, 1.82) is 0 Å². The minimum atomic E-state index is 0.0555. The van der Waals surface area contributed by atoms with Crippen LogP contribution in [0.1, 0.15) is 162 Å². The number of hydrogen-bond acceptors (Lipinski definition) is 2. The Labute approximate surface area is 219 Å². The van der Waals surface area contributed by atoms with E-state index in [0.717, 1.165) is 24.0 Å². The highest BCUT2D eigenvalue weighted by molar-refractivity contribution is 5.77.